The maximum absolute atomic E-state index is 12.1. The van der Waals surface area contributed by atoms with Crippen LogP contribution in [0.4, 0.5) is 0 Å². The van der Waals surface area contributed by atoms with Gasteiger partial charge in [-0.3, -0.25) is 14.5 Å². The number of esters is 1. The maximum atomic E-state index is 12.1. The van der Waals surface area contributed by atoms with Gasteiger partial charge >= 0.3 is 5.97 Å². The van der Waals surface area contributed by atoms with E-state index in [9.17, 15) is 9.59 Å². The van der Waals surface area contributed by atoms with E-state index >= 15 is 0 Å². The van der Waals surface area contributed by atoms with Crippen molar-refractivity contribution in [3.05, 3.63) is 24.2 Å². The summed E-state index contributed by atoms with van der Waals surface area (Å²) < 4.78 is 10.3. The van der Waals surface area contributed by atoms with Crippen molar-refractivity contribution in [3.63, 3.8) is 0 Å². The van der Waals surface area contributed by atoms with Gasteiger partial charge in [0.1, 0.15) is 12.1 Å². The first-order chi connectivity index (χ1) is 9.65. The molecule has 0 N–H and O–H groups in total. The van der Waals surface area contributed by atoms with Crippen LogP contribution in [0.1, 0.15) is 23.9 Å². The van der Waals surface area contributed by atoms with Gasteiger partial charge in [0.05, 0.1) is 6.26 Å². The number of piperazine rings is 1. The molecule has 2 unspecified atom stereocenters. The van der Waals surface area contributed by atoms with Crippen molar-refractivity contribution in [2.24, 2.45) is 0 Å². The first kappa shape index (κ1) is 13.2. The minimum Gasteiger partial charge on any atom is -0.461 e. The normalized spacial score (nSPS) is 27.6. The molecule has 0 radical (unpaired) electrons. The third kappa shape index (κ3) is 2.43. The standard InChI is InChI=1S/C14H18N2O4/c1-10-9-11(14(18)20-10)15-4-6-16(7-5-15)13(17)12-3-2-8-19-12/h2-3,8,10-11H,4-7,9H2,1H3. The Morgan fingerprint density at radius 1 is 1.30 bits per heavy atom. The Hall–Kier alpha value is -1.82. The molecule has 6 heteroatoms. The number of rotatable bonds is 2. The van der Waals surface area contributed by atoms with Crippen LogP contribution in [0.25, 0.3) is 0 Å². The Morgan fingerprint density at radius 2 is 2.05 bits per heavy atom. The number of carbonyl (C=O) groups is 2. The topological polar surface area (TPSA) is 63.0 Å². The third-order valence-electron chi connectivity index (χ3n) is 3.92. The van der Waals surface area contributed by atoms with E-state index in [1.54, 1.807) is 17.0 Å². The summed E-state index contributed by atoms with van der Waals surface area (Å²) in [5, 5.41) is 0. The Morgan fingerprint density at radius 3 is 2.60 bits per heavy atom. The lowest BCUT2D eigenvalue weighted by Crippen LogP contribution is -2.53. The van der Waals surface area contributed by atoms with Crippen LogP contribution in [0.2, 0.25) is 0 Å². The predicted molar refractivity (Wildman–Crippen MR) is 70.1 cm³/mol. The summed E-state index contributed by atoms with van der Waals surface area (Å²) in [6, 6.07) is 3.23. The fraction of sp³-hybridized carbons (Fsp3) is 0.571. The van der Waals surface area contributed by atoms with Gasteiger partial charge in [0.2, 0.25) is 0 Å². The summed E-state index contributed by atoms with van der Waals surface area (Å²) in [4.78, 5) is 27.7. The number of ether oxygens (including phenoxy) is 1. The molecule has 3 rings (SSSR count). The predicted octanol–water partition coefficient (Wildman–Crippen LogP) is 0.741. The molecule has 20 heavy (non-hydrogen) atoms. The van der Waals surface area contributed by atoms with Gasteiger partial charge in [-0.25, -0.2) is 0 Å². The molecular formula is C14H18N2O4. The molecule has 2 atom stereocenters. The number of cyclic esters (lactones) is 1. The van der Waals surface area contributed by atoms with Gasteiger partial charge in [0.15, 0.2) is 5.76 Å². The molecule has 1 aromatic rings. The zero-order valence-corrected chi connectivity index (χ0v) is 11.4. The zero-order chi connectivity index (χ0) is 14.1. The van der Waals surface area contributed by atoms with E-state index in [4.69, 9.17) is 9.15 Å². The molecular weight excluding hydrogens is 260 g/mol. The lowest BCUT2D eigenvalue weighted by atomic mass is 10.1. The van der Waals surface area contributed by atoms with Gasteiger partial charge in [0, 0.05) is 32.6 Å². The van der Waals surface area contributed by atoms with E-state index in [0.29, 0.717) is 31.9 Å². The van der Waals surface area contributed by atoms with Crippen LogP contribution >= 0.6 is 0 Å². The van der Waals surface area contributed by atoms with E-state index in [2.05, 4.69) is 4.90 Å². The second-order valence-corrected chi connectivity index (χ2v) is 5.30. The summed E-state index contributed by atoms with van der Waals surface area (Å²) in [5.74, 6) is 0.146. The van der Waals surface area contributed by atoms with E-state index in [-0.39, 0.29) is 24.0 Å². The quantitative estimate of drug-likeness (QED) is 0.747. The van der Waals surface area contributed by atoms with Crippen molar-refractivity contribution in [1.82, 2.24) is 9.80 Å². The monoisotopic (exact) mass is 278 g/mol. The maximum Gasteiger partial charge on any atom is 0.323 e. The first-order valence-electron chi connectivity index (χ1n) is 6.92. The van der Waals surface area contributed by atoms with E-state index in [1.165, 1.54) is 6.26 Å². The van der Waals surface area contributed by atoms with Gasteiger partial charge in [-0.2, -0.15) is 0 Å². The molecule has 2 saturated heterocycles. The van der Waals surface area contributed by atoms with Crippen LogP contribution in [0, 0.1) is 0 Å². The second-order valence-electron chi connectivity index (χ2n) is 5.30. The van der Waals surface area contributed by atoms with Gasteiger partial charge in [-0.15, -0.1) is 0 Å². The van der Waals surface area contributed by atoms with Crippen molar-refractivity contribution in [1.29, 1.82) is 0 Å². The average molecular weight is 278 g/mol. The fourth-order valence-electron chi connectivity index (χ4n) is 2.83. The molecule has 0 aliphatic carbocycles. The van der Waals surface area contributed by atoms with E-state index in [1.807, 2.05) is 6.92 Å². The lowest BCUT2D eigenvalue weighted by Gasteiger charge is -2.36. The summed E-state index contributed by atoms with van der Waals surface area (Å²) in [6.45, 7) is 4.52. The highest BCUT2D eigenvalue weighted by atomic mass is 16.6. The van der Waals surface area contributed by atoms with Crippen LogP contribution in [0.5, 0.6) is 0 Å². The number of amides is 1. The van der Waals surface area contributed by atoms with Crippen LogP contribution in [-0.2, 0) is 9.53 Å². The van der Waals surface area contributed by atoms with Crippen LogP contribution in [0.15, 0.2) is 22.8 Å². The summed E-state index contributed by atoms with van der Waals surface area (Å²) in [6.07, 6.45) is 2.24. The molecule has 0 bridgehead atoms. The first-order valence-corrected chi connectivity index (χ1v) is 6.92. The molecule has 0 spiro atoms. The number of hydrogen-bond donors (Lipinski definition) is 0. The number of nitrogens with zero attached hydrogens (tertiary/aromatic N) is 2. The lowest BCUT2D eigenvalue weighted by molar-refractivity contribution is -0.145. The Kier molecular flexibility index (Phi) is 3.48. The Balaban J connectivity index is 1.57. The zero-order valence-electron chi connectivity index (χ0n) is 11.4. The SMILES string of the molecule is CC1CC(N2CCN(C(=O)c3ccco3)CC2)C(=O)O1. The second kappa shape index (κ2) is 5.28. The minimum atomic E-state index is -0.147. The van der Waals surface area contributed by atoms with Crippen molar-refractivity contribution in [2.45, 2.75) is 25.5 Å². The van der Waals surface area contributed by atoms with Crippen molar-refractivity contribution in [3.8, 4) is 0 Å². The largest absolute Gasteiger partial charge is 0.461 e. The van der Waals surface area contributed by atoms with Crippen LogP contribution in [0.3, 0.4) is 0 Å². The highest BCUT2D eigenvalue weighted by Crippen LogP contribution is 2.21. The highest BCUT2D eigenvalue weighted by molar-refractivity contribution is 5.91. The van der Waals surface area contributed by atoms with E-state index < -0.39 is 0 Å². The molecule has 1 aromatic heterocycles. The Bertz CT molecular complexity index is 491. The van der Waals surface area contributed by atoms with Gasteiger partial charge in [-0.05, 0) is 19.1 Å². The van der Waals surface area contributed by atoms with Crippen LogP contribution < -0.4 is 0 Å². The van der Waals surface area contributed by atoms with Gasteiger partial charge < -0.3 is 14.1 Å². The third-order valence-corrected chi connectivity index (χ3v) is 3.92. The molecule has 3 heterocycles. The van der Waals surface area contributed by atoms with E-state index in [0.717, 1.165) is 6.42 Å². The highest BCUT2D eigenvalue weighted by Gasteiger charge is 2.38. The summed E-state index contributed by atoms with van der Waals surface area (Å²) in [7, 11) is 0. The summed E-state index contributed by atoms with van der Waals surface area (Å²) in [5.41, 5.74) is 0. The molecule has 2 fully saturated rings. The molecule has 0 saturated carbocycles. The molecule has 108 valence electrons. The van der Waals surface area contributed by atoms with Gasteiger partial charge in [0.25, 0.3) is 5.91 Å². The minimum absolute atomic E-state index is 0.00437. The Labute approximate surface area is 117 Å². The summed E-state index contributed by atoms with van der Waals surface area (Å²) >= 11 is 0. The van der Waals surface area contributed by atoms with Crippen molar-refractivity contribution in [2.75, 3.05) is 26.2 Å². The smallest absolute Gasteiger partial charge is 0.323 e. The number of hydrogen-bond acceptors (Lipinski definition) is 5. The molecule has 0 aromatic carbocycles. The van der Waals surface area contributed by atoms with Crippen LogP contribution in [-0.4, -0.2) is 60.0 Å². The van der Waals surface area contributed by atoms with Crippen molar-refractivity contribution < 1.29 is 18.7 Å². The molecule has 1 amide bonds. The average Bonchev–Trinajstić information content (AvgIpc) is 3.08. The number of furan rings is 1. The number of carbonyl (C=O) groups excluding carboxylic acids is 2. The molecule has 6 nitrogen and oxygen atoms in total. The molecule has 2 aliphatic rings. The van der Waals surface area contributed by atoms with Crippen molar-refractivity contribution >= 4 is 11.9 Å². The fourth-order valence-corrected chi connectivity index (χ4v) is 2.83. The molecule has 2 aliphatic heterocycles. The van der Waals surface area contributed by atoms with Gasteiger partial charge in [-0.1, -0.05) is 0 Å².